The zero-order valence-corrected chi connectivity index (χ0v) is 12.9. The molecule has 0 atom stereocenters. The van der Waals surface area contributed by atoms with Crippen molar-refractivity contribution in [3.63, 3.8) is 0 Å². The topological polar surface area (TPSA) is 29.3 Å². The van der Waals surface area contributed by atoms with Crippen LogP contribution in [0.4, 0.5) is 11.4 Å². The van der Waals surface area contributed by atoms with Gasteiger partial charge in [0.25, 0.3) is 0 Å². The van der Waals surface area contributed by atoms with Crippen LogP contribution in [0.1, 0.15) is 69.9 Å². The van der Waals surface area contributed by atoms with Gasteiger partial charge >= 0.3 is 0 Å². The Hall–Kier alpha value is -1.18. The maximum Gasteiger partial charge on any atom is 0.0385 e. The summed E-state index contributed by atoms with van der Waals surface area (Å²) >= 11 is 0. The number of anilines is 2. The molecule has 1 fully saturated rings. The van der Waals surface area contributed by atoms with E-state index >= 15 is 0 Å². The average Bonchev–Trinajstić information content (AvgIpc) is 2.39. The fourth-order valence-corrected chi connectivity index (χ4v) is 2.97. The first-order valence-electron chi connectivity index (χ1n) is 7.69. The molecular formula is C17H28N2. The number of hydrogen-bond acceptors (Lipinski definition) is 2. The van der Waals surface area contributed by atoms with Crippen LogP contribution in [-0.4, -0.2) is 13.1 Å². The highest BCUT2D eigenvalue weighted by atomic mass is 15.1. The first kappa shape index (κ1) is 14.2. The molecule has 1 aromatic carbocycles. The Morgan fingerprint density at radius 2 is 1.37 bits per heavy atom. The minimum Gasteiger partial charge on any atom is -0.398 e. The first-order valence-corrected chi connectivity index (χ1v) is 7.69. The third-order valence-corrected chi connectivity index (χ3v) is 4.19. The lowest BCUT2D eigenvalue weighted by molar-refractivity contribution is 0.577. The van der Waals surface area contributed by atoms with E-state index in [4.69, 9.17) is 5.73 Å². The van der Waals surface area contributed by atoms with Crippen LogP contribution in [0, 0.1) is 0 Å². The molecule has 1 aliphatic rings. The molecule has 1 saturated heterocycles. The second kappa shape index (κ2) is 5.85. The highest BCUT2D eigenvalue weighted by Gasteiger charge is 2.17. The molecule has 0 aliphatic carbocycles. The van der Waals surface area contributed by atoms with Gasteiger partial charge in [0.15, 0.2) is 0 Å². The predicted molar refractivity (Wildman–Crippen MR) is 85.1 cm³/mol. The van der Waals surface area contributed by atoms with Crippen molar-refractivity contribution in [2.45, 2.75) is 58.8 Å². The summed E-state index contributed by atoms with van der Waals surface area (Å²) in [5.41, 5.74) is 11.4. The number of piperidine rings is 1. The predicted octanol–water partition coefficient (Wildman–Crippen LogP) is 4.51. The third-order valence-electron chi connectivity index (χ3n) is 4.19. The van der Waals surface area contributed by atoms with Crippen molar-refractivity contribution in [2.75, 3.05) is 23.7 Å². The molecule has 1 aliphatic heterocycles. The van der Waals surface area contributed by atoms with E-state index in [-0.39, 0.29) is 0 Å². The molecule has 0 spiro atoms. The number of nitrogens with zero attached hydrogens (tertiary/aromatic N) is 1. The molecule has 0 saturated carbocycles. The Morgan fingerprint density at radius 3 is 1.79 bits per heavy atom. The minimum atomic E-state index is 0.488. The summed E-state index contributed by atoms with van der Waals surface area (Å²) in [6, 6.07) is 4.63. The molecule has 2 N–H and O–H groups in total. The Balaban J connectivity index is 2.43. The zero-order chi connectivity index (χ0) is 14.0. The van der Waals surface area contributed by atoms with Crippen LogP contribution >= 0.6 is 0 Å². The summed E-state index contributed by atoms with van der Waals surface area (Å²) in [6.45, 7) is 11.3. The summed E-state index contributed by atoms with van der Waals surface area (Å²) in [7, 11) is 0. The van der Waals surface area contributed by atoms with Gasteiger partial charge in [0.2, 0.25) is 0 Å². The van der Waals surface area contributed by atoms with E-state index in [0.717, 1.165) is 5.69 Å². The molecule has 0 aromatic heterocycles. The largest absolute Gasteiger partial charge is 0.398 e. The van der Waals surface area contributed by atoms with Crippen LogP contribution in [0.5, 0.6) is 0 Å². The van der Waals surface area contributed by atoms with Crippen LogP contribution in [-0.2, 0) is 0 Å². The first-order chi connectivity index (χ1) is 9.00. The Kier molecular flexibility index (Phi) is 4.38. The molecule has 0 unspecified atom stereocenters. The van der Waals surface area contributed by atoms with Crippen molar-refractivity contribution in [1.29, 1.82) is 0 Å². The maximum atomic E-state index is 6.37. The van der Waals surface area contributed by atoms with Crippen LogP contribution in [0.3, 0.4) is 0 Å². The lowest BCUT2D eigenvalue weighted by Crippen LogP contribution is -2.29. The van der Waals surface area contributed by atoms with Gasteiger partial charge < -0.3 is 10.6 Å². The van der Waals surface area contributed by atoms with Gasteiger partial charge in [-0.25, -0.2) is 0 Å². The van der Waals surface area contributed by atoms with Gasteiger partial charge in [-0.05, 0) is 54.4 Å². The molecule has 1 heterocycles. The fraction of sp³-hybridized carbons (Fsp3) is 0.647. The van der Waals surface area contributed by atoms with Crippen molar-refractivity contribution < 1.29 is 0 Å². The van der Waals surface area contributed by atoms with Gasteiger partial charge in [-0.3, -0.25) is 0 Å². The number of hydrogen-bond donors (Lipinski definition) is 1. The second-order valence-corrected chi connectivity index (χ2v) is 6.40. The standard InChI is InChI=1S/C17H28N2/c1-12(2)15-10-14(19-8-6-5-7-9-19)11-16(13(3)4)17(15)18/h10-13H,5-9,18H2,1-4H3. The van der Waals surface area contributed by atoms with Gasteiger partial charge in [-0.15, -0.1) is 0 Å². The molecular weight excluding hydrogens is 232 g/mol. The van der Waals surface area contributed by atoms with E-state index in [9.17, 15) is 0 Å². The van der Waals surface area contributed by atoms with Crippen molar-refractivity contribution in [2.24, 2.45) is 0 Å². The van der Waals surface area contributed by atoms with Crippen LogP contribution in [0.15, 0.2) is 12.1 Å². The van der Waals surface area contributed by atoms with Gasteiger partial charge in [0, 0.05) is 24.5 Å². The summed E-state index contributed by atoms with van der Waals surface area (Å²) in [4.78, 5) is 2.53. The van der Waals surface area contributed by atoms with E-state index in [0.29, 0.717) is 11.8 Å². The molecule has 19 heavy (non-hydrogen) atoms. The Morgan fingerprint density at radius 1 is 0.895 bits per heavy atom. The normalized spacial score (nSPS) is 16.4. The molecule has 2 rings (SSSR count). The molecule has 2 nitrogen and oxygen atoms in total. The lowest BCUT2D eigenvalue weighted by Gasteiger charge is -2.31. The number of benzene rings is 1. The van der Waals surface area contributed by atoms with Gasteiger partial charge in [-0.1, -0.05) is 27.7 Å². The maximum absolute atomic E-state index is 6.37. The quantitative estimate of drug-likeness (QED) is 0.810. The van der Waals surface area contributed by atoms with Gasteiger partial charge in [0.1, 0.15) is 0 Å². The molecule has 0 bridgehead atoms. The zero-order valence-electron chi connectivity index (χ0n) is 12.9. The summed E-state index contributed by atoms with van der Waals surface area (Å²) in [5.74, 6) is 0.976. The van der Waals surface area contributed by atoms with Gasteiger partial charge in [-0.2, -0.15) is 0 Å². The van der Waals surface area contributed by atoms with Crippen molar-refractivity contribution in [3.05, 3.63) is 23.3 Å². The third kappa shape index (κ3) is 3.05. The van der Waals surface area contributed by atoms with Crippen LogP contribution < -0.4 is 10.6 Å². The van der Waals surface area contributed by atoms with E-state index < -0.39 is 0 Å². The number of nitrogens with two attached hydrogens (primary N) is 1. The van der Waals surface area contributed by atoms with Crippen molar-refractivity contribution >= 4 is 11.4 Å². The fourth-order valence-electron chi connectivity index (χ4n) is 2.97. The van der Waals surface area contributed by atoms with Crippen LogP contribution in [0.2, 0.25) is 0 Å². The minimum absolute atomic E-state index is 0.488. The van der Waals surface area contributed by atoms with Crippen LogP contribution in [0.25, 0.3) is 0 Å². The number of rotatable bonds is 3. The SMILES string of the molecule is CC(C)c1cc(N2CCCCC2)cc(C(C)C)c1N. The monoisotopic (exact) mass is 260 g/mol. The highest BCUT2D eigenvalue weighted by Crippen LogP contribution is 2.35. The summed E-state index contributed by atoms with van der Waals surface area (Å²) in [5, 5.41) is 0. The average molecular weight is 260 g/mol. The molecule has 0 amide bonds. The smallest absolute Gasteiger partial charge is 0.0385 e. The van der Waals surface area contributed by atoms with Crippen molar-refractivity contribution in [3.8, 4) is 0 Å². The molecule has 106 valence electrons. The van der Waals surface area contributed by atoms with E-state index in [1.165, 1.54) is 49.2 Å². The molecule has 0 radical (unpaired) electrons. The Bertz CT molecular complexity index is 400. The van der Waals surface area contributed by atoms with Crippen molar-refractivity contribution in [1.82, 2.24) is 0 Å². The van der Waals surface area contributed by atoms with E-state index in [1.807, 2.05) is 0 Å². The molecule has 2 heteroatoms. The van der Waals surface area contributed by atoms with E-state index in [2.05, 4.69) is 44.7 Å². The van der Waals surface area contributed by atoms with Gasteiger partial charge in [0.05, 0.1) is 0 Å². The lowest BCUT2D eigenvalue weighted by atomic mass is 9.91. The van der Waals surface area contributed by atoms with E-state index in [1.54, 1.807) is 0 Å². The molecule has 1 aromatic rings. The summed E-state index contributed by atoms with van der Waals surface area (Å²) in [6.07, 6.45) is 4.01. The second-order valence-electron chi connectivity index (χ2n) is 6.40. The highest BCUT2D eigenvalue weighted by molar-refractivity contribution is 5.65. The number of nitrogen functional groups attached to an aromatic ring is 1. The Labute approximate surface area is 118 Å². The summed E-state index contributed by atoms with van der Waals surface area (Å²) < 4.78 is 0.